The molecule has 35 heavy (non-hydrogen) atoms. The Hall–Kier alpha value is -0.660. The maximum absolute atomic E-state index is 2.68. The molecular weight excluding hydrogens is 424 g/mol. The van der Waals surface area contributed by atoms with Gasteiger partial charge in [-0.15, -0.1) is 0 Å². The van der Waals surface area contributed by atoms with Crippen LogP contribution in [0.4, 0.5) is 0 Å². The number of hydrogen-bond donors (Lipinski definition) is 0. The lowest BCUT2D eigenvalue weighted by molar-refractivity contribution is 0.135. The van der Waals surface area contributed by atoms with E-state index < -0.39 is 0 Å². The predicted octanol–water partition coefficient (Wildman–Crippen LogP) is 11.2. The number of nitrogens with zero attached hydrogens (tertiary/aromatic N) is 2. The SMILES string of the molecule is CCCCCCCCCCCCCCCCCC1N(CCCCCC)C=CN1CCCCCCC. The summed E-state index contributed by atoms with van der Waals surface area (Å²) < 4.78 is 0. The van der Waals surface area contributed by atoms with Gasteiger partial charge in [-0.3, -0.25) is 0 Å². The van der Waals surface area contributed by atoms with E-state index in [1.54, 1.807) is 0 Å². The van der Waals surface area contributed by atoms with Gasteiger partial charge in [0.05, 0.1) is 0 Å². The molecule has 0 saturated heterocycles. The summed E-state index contributed by atoms with van der Waals surface area (Å²) in [5, 5.41) is 0. The van der Waals surface area contributed by atoms with Gasteiger partial charge in [-0.25, -0.2) is 0 Å². The Kier molecular flexibility index (Phi) is 23.1. The van der Waals surface area contributed by atoms with E-state index in [1.165, 1.54) is 174 Å². The molecule has 2 heteroatoms. The van der Waals surface area contributed by atoms with Gasteiger partial charge in [0.2, 0.25) is 0 Å². The molecule has 0 bridgehead atoms. The first-order chi connectivity index (χ1) is 17.3. The molecule has 0 spiro atoms. The van der Waals surface area contributed by atoms with Crippen LogP contribution in [0.3, 0.4) is 0 Å². The molecule has 1 aliphatic rings. The highest BCUT2D eigenvalue weighted by Crippen LogP contribution is 2.24. The summed E-state index contributed by atoms with van der Waals surface area (Å²) in [6.07, 6.45) is 41.0. The zero-order valence-electron chi connectivity index (χ0n) is 24.7. The molecule has 0 aromatic carbocycles. The summed E-state index contributed by atoms with van der Waals surface area (Å²) in [4.78, 5) is 5.35. The average Bonchev–Trinajstić information content (AvgIpc) is 3.25. The summed E-state index contributed by atoms with van der Waals surface area (Å²) in [6.45, 7) is 9.45. The summed E-state index contributed by atoms with van der Waals surface area (Å²) in [5.74, 6) is 0. The Labute approximate surface area is 222 Å². The first kappa shape index (κ1) is 32.4. The third-order valence-corrected chi connectivity index (χ3v) is 8.07. The van der Waals surface area contributed by atoms with Crippen molar-refractivity contribution in [3.63, 3.8) is 0 Å². The summed E-state index contributed by atoms with van der Waals surface area (Å²) >= 11 is 0. The van der Waals surface area contributed by atoms with Crippen molar-refractivity contribution in [3.05, 3.63) is 12.4 Å². The van der Waals surface area contributed by atoms with E-state index in [1.807, 2.05) is 0 Å². The molecule has 1 unspecified atom stereocenters. The summed E-state index contributed by atoms with van der Waals surface area (Å²) in [5.41, 5.74) is 0. The molecule has 0 aromatic rings. The zero-order chi connectivity index (χ0) is 25.2. The zero-order valence-corrected chi connectivity index (χ0v) is 24.7. The van der Waals surface area contributed by atoms with Gasteiger partial charge in [0.1, 0.15) is 6.17 Å². The highest BCUT2D eigenvalue weighted by atomic mass is 15.4. The van der Waals surface area contributed by atoms with Gasteiger partial charge in [0.15, 0.2) is 0 Å². The van der Waals surface area contributed by atoms with E-state index in [0.717, 1.165) is 0 Å². The van der Waals surface area contributed by atoms with Crippen molar-refractivity contribution in [1.29, 1.82) is 0 Å². The summed E-state index contributed by atoms with van der Waals surface area (Å²) in [7, 11) is 0. The van der Waals surface area contributed by atoms with Crippen LogP contribution in [0.25, 0.3) is 0 Å². The second-order valence-electron chi connectivity index (χ2n) is 11.5. The molecule has 208 valence electrons. The molecule has 0 N–H and O–H groups in total. The normalized spacial score (nSPS) is 15.6. The van der Waals surface area contributed by atoms with Crippen molar-refractivity contribution < 1.29 is 0 Å². The fourth-order valence-corrected chi connectivity index (χ4v) is 5.66. The highest BCUT2D eigenvalue weighted by Gasteiger charge is 2.24. The minimum Gasteiger partial charge on any atom is -0.356 e. The standard InChI is InChI=1S/C33H66N2/c1-4-7-10-13-14-15-16-17-18-19-20-21-22-23-25-28-33-34(29-26-12-9-6-3)31-32-35(33)30-27-24-11-8-5-2/h31-33H,4-30H2,1-3H3. The highest BCUT2D eigenvalue weighted by molar-refractivity contribution is 4.97. The first-order valence-electron chi connectivity index (χ1n) is 16.5. The van der Waals surface area contributed by atoms with Crippen LogP contribution in [0.2, 0.25) is 0 Å². The maximum Gasteiger partial charge on any atom is 0.101 e. The molecule has 0 saturated carbocycles. The van der Waals surface area contributed by atoms with Crippen LogP contribution >= 0.6 is 0 Å². The Bertz CT molecular complexity index is 446. The molecule has 0 amide bonds. The van der Waals surface area contributed by atoms with Crippen molar-refractivity contribution in [2.45, 2.75) is 187 Å². The molecule has 0 fully saturated rings. The number of unbranched alkanes of at least 4 members (excludes halogenated alkanes) is 21. The van der Waals surface area contributed by atoms with Crippen LogP contribution < -0.4 is 0 Å². The monoisotopic (exact) mass is 491 g/mol. The minimum absolute atomic E-state index is 0.643. The average molecular weight is 491 g/mol. The quantitative estimate of drug-likeness (QED) is 0.106. The van der Waals surface area contributed by atoms with Crippen LogP contribution in [-0.4, -0.2) is 29.1 Å². The van der Waals surface area contributed by atoms with Crippen molar-refractivity contribution in [3.8, 4) is 0 Å². The molecule has 1 aliphatic heterocycles. The van der Waals surface area contributed by atoms with Gasteiger partial charge in [0.25, 0.3) is 0 Å². The van der Waals surface area contributed by atoms with E-state index in [9.17, 15) is 0 Å². The lowest BCUT2D eigenvalue weighted by atomic mass is 10.0. The van der Waals surface area contributed by atoms with E-state index >= 15 is 0 Å². The lowest BCUT2D eigenvalue weighted by Gasteiger charge is -2.33. The van der Waals surface area contributed by atoms with E-state index in [4.69, 9.17) is 0 Å². The van der Waals surface area contributed by atoms with Crippen molar-refractivity contribution in [2.24, 2.45) is 0 Å². The predicted molar refractivity (Wildman–Crippen MR) is 159 cm³/mol. The molecule has 0 aliphatic carbocycles. The van der Waals surface area contributed by atoms with E-state index in [2.05, 4.69) is 43.0 Å². The first-order valence-corrected chi connectivity index (χ1v) is 16.5. The maximum atomic E-state index is 2.68. The molecule has 0 aromatic heterocycles. The van der Waals surface area contributed by atoms with Crippen LogP contribution in [-0.2, 0) is 0 Å². The Morgan fingerprint density at radius 1 is 0.371 bits per heavy atom. The topological polar surface area (TPSA) is 6.48 Å². The molecular formula is C33H66N2. The second kappa shape index (κ2) is 25.0. The number of rotatable bonds is 27. The smallest absolute Gasteiger partial charge is 0.101 e. The van der Waals surface area contributed by atoms with Gasteiger partial charge < -0.3 is 9.80 Å². The van der Waals surface area contributed by atoms with Gasteiger partial charge in [0, 0.05) is 25.5 Å². The Morgan fingerprint density at radius 3 is 1.03 bits per heavy atom. The van der Waals surface area contributed by atoms with Crippen LogP contribution in [0.5, 0.6) is 0 Å². The minimum atomic E-state index is 0.643. The lowest BCUT2D eigenvalue weighted by Crippen LogP contribution is -2.39. The largest absolute Gasteiger partial charge is 0.356 e. The molecule has 1 atom stereocenters. The van der Waals surface area contributed by atoms with E-state index in [0.29, 0.717) is 6.17 Å². The third-order valence-electron chi connectivity index (χ3n) is 8.07. The molecule has 0 radical (unpaired) electrons. The van der Waals surface area contributed by atoms with Crippen LogP contribution in [0, 0.1) is 0 Å². The second-order valence-corrected chi connectivity index (χ2v) is 11.5. The Morgan fingerprint density at radius 2 is 0.657 bits per heavy atom. The van der Waals surface area contributed by atoms with Crippen LogP contribution in [0.1, 0.15) is 181 Å². The number of hydrogen-bond acceptors (Lipinski definition) is 2. The van der Waals surface area contributed by atoms with Crippen LogP contribution in [0.15, 0.2) is 12.4 Å². The van der Waals surface area contributed by atoms with E-state index in [-0.39, 0.29) is 0 Å². The van der Waals surface area contributed by atoms with Gasteiger partial charge >= 0.3 is 0 Å². The summed E-state index contributed by atoms with van der Waals surface area (Å²) in [6, 6.07) is 0. The molecule has 1 heterocycles. The molecule has 2 nitrogen and oxygen atoms in total. The third kappa shape index (κ3) is 18.3. The Balaban J connectivity index is 2.10. The molecule has 1 rings (SSSR count). The van der Waals surface area contributed by atoms with Gasteiger partial charge in [-0.05, 0) is 25.7 Å². The fourth-order valence-electron chi connectivity index (χ4n) is 5.66. The van der Waals surface area contributed by atoms with Crippen molar-refractivity contribution >= 4 is 0 Å². The van der Waals surface area contributed by atoms with Crippen molar-refractivity contribution in [1.82, 2.24) is 9.80 Å². The fraction of sp³-hybridized carbons (Fsp3) is 0.939. The van der Waals surface area contributed by atoms with Crippen molar-refractivity contribution in [2.75, 3.05) is 13.1 Å². The van der Waals surface area contributed by atoms with Gasteiger partial charge in [-0.2, -0.15) is 0 Å². The van der Waals surface area contributed by atoms with Gasteiger partial charge in [-0.1, -0.05) is 156 Å².